The highest BCUT2D eigenvalue weighted by molar-refractivity contribution is 5.96. The summed E-state index contributed by atoms with van der Waals surface area (Å²) < 4.78 is 0. The van der Waals surface area contributed by atoms with Crippen LogP contribution in [0.25, 0.3) is 0 Å². The number of nitrogens with zero attached hydrogens (tertiary/aromatic N) is 1. The molecule has 1 heterocycles. The van der Waals surface area contributed by atoms with E-state index in [1.165, 1.54) is 0 Å². The van der Waals surface area contributed by atoms with Gasteiger partial charge in [0.05, 0.1) is 12.6 Å². The highest BCUT2D eigenvalue weighted by atomic mass is 16.2. The molecule has 0 aromatic heterocycles. The van der Waals surface area contributed by atoms with Crippen molar-refractivity contribution in [1.29, 1.82) is 0 Å². The van der Waals surface area contributed by atoms with Crippen LogP contribution in [0.3, 0.4) is 0 Å². The van der Waals surface area contributed by atoms with Crippen molar-refractivity contribution in [3.63, 3.8) is 0 Å². The monoisotopic (exact) mass is 322 g/mol. The van der Waals surface area contributed by atoms with Crippen molar-refractivity contribution < 1.29 is 9.59 Å². The van der Waals surface area contributed by atoms with E-state index >= 15 is 0 Å². The second-order valence-electron chi connectivity index (χ2n) is 6.20. The van der Waals surface area contributed by atoms with Crippen molar-refractivity contribution in [3.8, 4) is 0 Å². The quantitative estimate of drug-likeness (QED) is 0.940. The number of carbonyl (C=O) groups excluding carboxylic acids is 2. The molecule has 0 spiro atoms. The lowest BCUT2D eigenvalue weighted by Gasteiger charge is -2.25. The molecular formula is C20H22N2O2. The van der Waals surface area contributed by atoms with E-state index in [4.69, 9.17) is 0 Å². The summed E-state index contributed by atoms with van der Waals surface area (Å²) in [6, 6.07) is 17.5. The van der Waals surface area contributed by atoms with Gasteiger partial charge in [0.1, 0.15) is 0 Å². The number of nitrogens with one attached hydrogen (secondary N) is 1. The van der Waals surface area contributed by atoms with Crippen molar-refractivity contribution in [2.45, 2.75) is 25.8 Å². The predicted octanol–water partition coefficient (Wildman–Crippen LogP) is 3.09. The van der Waals surface area contributed by atoms with Crippen molar-refractivity contribution in [1.82, 2.24) is 10.2 Å². The van der Waals surface area contributed by atoms with E-state index in [0.29, 0.717) is 5.56 Å². The van der Waals surface area contributed by atoms with Crippen LogP contribution >= 0.6 is 0 Å². The summed E-state index contributed by atoms with van der Waals surface area (Å²) >= 11 is 0. The van der Waals surface area contributed by atoms with Gasteiger partial charge >= 0.3 is 0 Å². The van der Waals surface area contributed by atoms with E-state index < -0.39 is 0 Å². The number of likely N-dealkylation sites (tertiary alicyclic amines) is 1. The summed E-state index contributed by atoms with van der Waals surface area (Å²) in [5, 5.41) is 2.74. The fraction of sp³-hybridized carbons (Fsp3) is 0.300. The lowest BCUT2D eigenvalue weighted by molar-refractivity contribution is -0.131. The fourth-order valence-electron chi connectivity index (χ4n) is 3.15. The maximum Gasteiger partial charge on any atom is 0.251 e. The summed E-state index contributed by atoms with van der Waals surface area (Å²) in [5.41, 5.74) is 2.84. The molecule has 1 N–H and O–H groups in total. The molecule has 1 atom stereocenters. The Morgan fingerprint density at radius 3 is 2.50 bits per heavy atom. The maximum absolute atomic E-state index is 12.5. The Labute approximate surface area is 142 Å². The van der Waals surface area contributed by atoms with Crippen LogP contribution in [0.4, 0.5) is 0 Å². The first-order valence-corrected chi connectivity index (χ1v) is 8.34. The number of amides is 2. The van der Waals surface area contributed by atoms with Gasteiger partial charge in [0.15, 0.2) is 0 Å². The molecular weight excluding hydrogens is 300 g/mol. The van der Waals surface area contributed by atoms with E-state index in [0.717, 1.165) is 30.5 Å². The molecule has 4 nitrogen and oxygen atoms in total. The zero-order valence-electron chi connectivity index (χ0n) is 13.9. The number of rotatable bonds is 4. The van der Waals surface area contributed by atoms with Crippen LogP contribution in [-0.4, -0.2) is 29.8 Å². The summed E-state index contributed by atoms with van der Waals surface area (Å²) in [5.74, 6) is -0.236. The number of hydrogen-bond acceptors (Lipinski definition) is 2. The highest BCUT2D eigenvalue weighted by Gasteiger charge is 2.29. The number of carbonyl (C=O) groups is 2. The molecule has 1 saturated heterocycles. The lowest BCUT2D eigenvalue weighted by atomic mass is 10.0. The van der Waals surface area contributed by atoms with Gasteiger partial charge in [0.2, 0.25) is 5.91 Å². The maximum atomic E-state index is 12.5. The molecule has 2 aromatic carbocycles. The third kappa shape index (κ3) is 3.65. The Morgan fingerprint density at radius 2 is 1.79 bits per heavy atom. The Balaban J connectivity index is 1.60. The number of aryl methyl sites for hydroxylation is 1. The Hall–Kier alpha value is -2.62. The Morgan fingerprint density at radius 1 is 1.08 bits per heavy atom. The van der Waals surface area contributed by atoms with Crippen molar-refractivity contribution in [2.24, 2.45) is 0 Å². The van der Waals surface area contributed by atoms with Gasteiger partial charge in [0.25, 0.3) is 5.91 Å². The minimum absolute atomic E-state index is 0.0261. The SMILES string of the molecule is Cc1ccc(C(=O)NCC(=O)N2CCC[C@@H]2c2ccccc2)cc1. The minimum Gasteiger partial charge on any atom is -0.343 e. The molecule has 0 aliphatic carbocycles. The topological polar surface area (TPSA) is 49.4 Å². The number of benzene rings is 2. The Kier molecular flexibility index (Phi) is 4.94. The standard InChI is InChI=1S/C20H22N2O2/c1-15-9-11-17(12-10-15)20(24)21-14-19(23)22-13-5-8-18(22)16-6-3-2-4-7-16/h2-4,6-7,9-12,18H,5,8,13-14H2,1H3,(H,21,24)/t18-/m1/s1. The van der Waals surface area contributed by atoms with E-state index in [-0.39, 0.29) is 24.4 Å². The average Bonchev–Trinajstić information content (AvgIpc) is 3.10. The summed E-state index contributed by atoms with van der Waals surface area (Å²) in [7, 11) is 0. The normalized spacial score (nSPS) is 16.9. The molecule has 1 aliphatic rings. The van der Waals surface area contributed by atoms with Crippen LogP contribution in [0.5, 0.6) is 0 Å². The van der Waals surface area contributed by atoms with E-state index in [2.05, 4.69) is 17.4 Å². The predicted molar refractivity (Wildman–Crippen MR) is 93.6 cm³/mol. The van der Waals surface area contributed by atoms with Crippen LogP contribution < -0.4 is 5.32 Å². The average molecular weight is 322 g/mol. The van der Waals surface area contributed by atoms with Crippen molar-refractivity contribution in [2.75, 3.05) is 13.1 Å². The second-order valence-corrected chi connectivity index (χ2v) is 6.20. The van der Waals surface area contributed by atoms with E-state index in [1.54, 1.807) is 12.1 Å². The van der Waals surface area contributed by atoms with Crippen LogP contribution in [0.15, 0.2) is 54.6 Å². The zero-order valence-corrected chi connectivity index (χ0v) is 13.9. The van der Waals surface area contributed by atoms with Crippen molar-refractivity contribution >= 4 is 11.8 Å². The highest BCUT2D eigenvalue weighted by Crippen LogP contribution is 2.31. The molecule has 0 bridgehead atoms. The molecule has 2 amide bonds. The number of hydrogen-bond donors (Lipinski definition) is 1. The lowest BCUT2D eigenvalue weighted by Crippen LogP contribution is -2.39. The first-order chi connectivity index (χ1) is 11.6. The second kappa shape index (κ2) is 7.30. The van der Waals surface area contributed by atoms with Gasteiger partial charge < -0.3 is 10.2 Å². The third-order valence-electron chi connectivity index (χ3n) is 4.47. The summed E-state index contributed by atoms with van der Waals surface area (Å²) in [6.07, 6.45) is 1.97. The smallest absolute Gasteiger partial charge is 0.251 e. The Bertz CT molecular complexity index is 710. The third-order valence-corrected chi connectivity index (χ3v) is 4.47. The van der Waals surface area contributed by atoms with Crippen LogP contribution in [-0.2, 0) is 4.79 Å². The first-order valence-electron chi connectivity index (χ1n) is 8.34. The summed E-state index contributed by atoms with van der Waals surface area (Å²) in [4.78, 5) is 26.6. The van der Waals surface area contributed by atoms with Crippen LogP contribution in [0.2, 0.25) is 0 Å². The molecule has 0 radical (unpaired) electrons. The van der Waals surface area contributed by atoms with Gasteiger partial charge in [-0.25, -0.2) is 0 Å². The van der Waals surface area contributed by atoms with Crippen LogP contribution in [0.1, 0.15) is 40.4 Å². The molecule has 0 saturated carbocycles. The largest absolute Gasteiger partial charge is 0.343 e. The minimum atomic E-state index is -0.209. The first kappa shape index (κ1) is 16.2. The van der Waals surface area contributed by atoms with Gasteiger partial charge in [-0.2, -0.15) is 0 Å². The van der Waals surface area contributed by atoms with E-state index in [9.17, 15) is 9.59 Å². The molecule has 0 unspecified atom stereocenters. The van der Waals surface area contributed by atoms with Crippen LogP contribution in [0, 0.1) is 6.92 Å². The zero-order chi connectivity index (χ0) is 16.9. The van der Waals surface area contributed by atoms with Gasteiger partial charge in [-0.05, 0) is 37.5 Å². The van der Waals surface area contributed by atoms with Gasteiger partial charge in [-0.3, -0.25) is 9.59 Å². The molecule has 1 aliphatic heterocycles. The molecule has 24 heavy (non-hydrogen) atoms. The van der Waals surface area contributed by atoms with Gasteiger partial charge in [-0.1, -0.05) is 48.0 Å². The van der Waals surface area contributed by atoms with Gasteiger partial charge in [-0.15, -0.1) is 0 Å². The molecule has 124 valence electrons. The molecule has 3 rings (SSSR count). The van der Waals surface area contributed by atoms with Crippen molar-refractivity contribution in [3.05, 3.63) is 71.3 Å². The fourth-order valence-corrected chi connectivity index (χ4v) is 3.15. The molecule has 4 heteroatoms. The molecule has 2 aromatic rings. The molecule has 1 fully saturated rings. The summed E-state index contributed by atoms with van der Waals surface area (Å²) in [6.45, 7) is 2.76. The van der Waals surface area contributed by atoms with E-state index in [1.807, 2.05) is 42.2 Å². The van der Waals surface area contributed by atoms with Gasteiger partial charge in [0, 0.05) is 12.1 Å².